The summed E-state index contributed by atoms with van der Waals surface area (Å²) in [5, 5.41) is 3.25. The van der Waals surface area contributed by atoms with Crippen LogP contribution in [0.2, 0.25) is 0 Å². The molecule has 2 rings (SSSR count). The molecule has 112 valence electrons. The molecule has 1 fully saturated rings. The highest BCUT2D eigenvalue weighted by atomic mass is 19.1. The second kappa shape index (κ2) is 6.55. The Morgan fingerprint density at radius 2 is 1.90 bits per heavy atom. The van der Waals surface area contributed by atoms with E-state index < -0.39 is 0 Å². The number of methoxy groups -OCH3 is 2. The Morgan fingerprint density at radius 1 is 1.20 bits per heavy atom. The molecule has 3 nitrogen and oxygen atoms in total. The number of halogens is 1. The van der Waals surface area contributed by atoms with Crippen LogP contribution in [-0.4, -0.2) is 26.9 Å². The van der Waals surface area contributed by atoms with E-state index in [0.29, 0.717) is 11.3 Å². The summed E-state index contributed by atoms with van der Waals surface area (Å²) in [6, 6.07) is 4.89. The first-order chi connectivity index (χ1) is 9.66. The quantitative estimate of drug-likeness (QED) is 0.896. The Labute approximate surface area is 120 Å². The molecule has 1 atom stereocenters. The summed E-state index contributed by atoms with van der Waals surface area (Å²) >= 11 is 0. The van der Waals surface area contributed by atoms with Crippen molar-refractivity contribution in [3.8, 4) is 5.75 Å². The fraction of sp³-hybridized carbons (Fsp3) is 0.625. The first-order valence-electron chi connectivity index (χ1n) is 7.22. The Kier molecular flexibility index (Phi) is 5.00. The molecule has 1 aromatic carbocycles. The summed E-state index contributed by atoms with van der Waals surface area (Å²) in [5.74, 6) is 0.293. The molecule has 4 heteroatoms. The lowest BCUT2D eigenvalue weighted by atomic mass is 9.76. The van der Waals surface area contributed by atoms with Gasteiger partial charge in [0.05, 0.1) is 18.8 Å². The largest absolute Gasteiger partial charge is 0.497 e. The third-order valence-electron chi connectivity index (χ3n) is 4.44. The molecule has 0 radical (unpaired) electrons. The predicted molar refractivity (Wildman–Crippen MR) is 77.6 cm³/mol. The van der Waals surface area contributed by atoms with E-state index in [1.165, 1.54) is 12.5 Å². The van der Waals surface area contributed by atoms with Crippen molar-refractivity contribution in [2.45, 2.75) is 43.7 Å². The molecule has 20 heavy (non-hydrogen) atoms. The summed E-state index contributed by atoms with van der Waals surface area (Å²) in [7, 11) is 5.14. The van der Waals surface area contributed by atoms with Crippen LogP contribution in [0.5, 0.6) is 5.75 Å². The van der Waals surface area contributed by atoms with Gasteiger partial charge in [-0.2, -0.15) is 0 Å². The first-order valence-corrected chi connectivity index (χ1v) is 7.22. The first kappa shape index (κ1) is 15.3. The summed E-state index contributed by atoms with van der Waals surface area (Å²) in [6.07, 6.45) is 5.40. The van der Waals surface area contributed by atoms with Crippen LogP contribution < -0.4 is 10.1 Å². The lowest BCUT2D eigenvalue weighted by molar-refractivity contribution is -0.0678. The minimum atomic E-state index is -0.317. The van der Waals surface area contributed by atoms with Crippen LogP contribution in [0.3, 0.4) is 0 Å². The van der Waals surface area contributed by atoms with Gasteiger partial charge in [0.15, 0.2) is 0 Å². The lowest BCUT2D eigenvalue weighted by Gasteiger charge is -2.42. The van der Waals surface area contributed by atoms with Gasteiger partial charge in [-0.1, -0.05) is 25.3 Å². The molecule has 0 aliphatic heterocycles. The van der Waals surface area contributed by atoms with Gasteiger partial charge in [0.2, 0.25) is 0 Å². The fourth-order valence-corrected chi connectivity index (χ4v) is 3.33. The summed E-state index contributed by atoms with van der Waals surface area (Å²) < 4.78 is 25.3. The van der Waals surface area contributed by atoms with Crippen molar-refractivity contribution in [3.63, 3.8) is 0 Å². The van der Waals surface area contributed by atoms with E-state index in [0.717, 1.165) is 25.7 Å². The van der Waals surface area contributed by atoms with Crippen LogP contribution in [0.25, 0.3) is 0 Å². The zero-order chi connectivity index (χ0) is 14.6. The lowest BCUT2D eigenvalue weighted by Crippen LogP contribution is -2.46. The van der Waals surface area contributed by atoms with Gasteiger partial charge >= 0.3 is 0 Å². The SMILES string of the molecule is CNC(c1ccc(OC)cc1F)C1(OC)CCCCC1. The molecular formula is C16H24FNO2. The van der Waals surface area contributed by atoms with Crippen molar-refractivity contribution in [1.29, 1.82) is 0 Å². The highest BCUT2D eigenvalue weighted by molar-refractivity contribution is 5.32. The van der Waals surface area contributed by atoms with Crippen LogP contribution in [-0.2, 0) is 4.74 Å². The zero-order valence-electron chi connectivity index (χ0n) is 12.5. The molecule has 1 unspecified atom stereocenters. The maximum absolute atomic E-state index is 14.4. The van der Waals surface area contributed by atoms with Crippen molar-refractivity contribution in [1.82, 2.24) is 5.32 Å². The Bertz CT molecular complexity index is 444. The van der Waals surface area contributed by atoms with E-state index in [1.807, 2.05) is 7.05 Å². The van der Waals surface area contributed by atoms with Crippen LogP contribution in [0.15, 0.2) is 18.2 Å². The van der Waals surface area contributed by atoms with Gasteiger partial charge in [-0.05, 0) is 26.0 Å². The second-order valence-corrected chi connectivity index (χ2v) is 5.44. The van der Waals surface area contributed by atoms with E-state index in [4.69, 9.17) is 9.47 Å². The Hall–Kier alpha value is -1.13. The molecule has 1 N–H and O–H groups in total. The van der Waals surface area contributed by atoms with Crippen molar-refractivity contribution >= 4 is 0 Å². The maximum atomic E-state index is 14.4. The zero-order valence-corrected chi connectivity index (χ0v) is 12.5. The number of ether oxygens (including phenoxy) is 2. The number of hydrogen-bond acceptors (Lipinski definition) is 3. The van der Waals surface area contributed by atoms with E-state index in [2.05, 4.69) is 5.32 Å². The number of hydrogen-bond donors (Lipinski definition) is 1. The molecular weight excluding hydrogens is 257 g/mol. The summed E-state index contributed by atoms with van der Waals surface area (Å²) in [6.45, 7) is 0. The van der Waals surface area contributed by atoms with E-state index >= 15 is 0 Å². The predicted octanol–water partition coefficient (Wildman–Crippen LogP) is 3.44. The van der Waals surface area contributed by atoms with Crippen LogP contribution in [0.4, 0.5) is 4.39 Å². The normalized spacial score (nSPS) is 19.6. The second-order valence-electron chi connectivity index (χ2n) is 5.44. The van der Waals surface area contributed by atoms with Crippen molar-refractivity contribution in [2.24, 2.45) is 0 Å². The maximum Gasteiger partial charge on any atom is 0.131 e. The minimum absolute atomic E-state index is 0.140. The van der Waals surface area contributed by atoms with E-state index in [9.17, 15) is 4.39 Å². The molecule has 0 amide bonds. The van der Waals surface area contributed by atoms with Gasteiger partial charge in [-0.15, -0.1) is 0 Å². The molecule has 1 saturated carbocycles. The molecule has 1 aliphatic rings. The fourth-order valence-electron chi connectivity index (χ4n) is 3.33. The summed E-state index contributed by atoms with van der Waals surface area (Å²) in [4.78, 5) is 0. The Morgan fingerprint density at radius 3 is 2.40 bits per heavy atom. The van der Waals surface area contributed by atoms with Crippen molar-refractivity contribution in [2.75, 3.05) is 21.3 Å². The van der Waals surface area contributed by atoms with Crippen LogP contribution in [0, 0.1) is 5.82 Å². The molecule has 0 bridgehead atoms. The minimum Gasteiger partial charge on any atom is -0.497 e. The molecule has 1 aromatic rings. The van der Waals surface area contributed by atoms with Gasteiger partial charge in [0.1, 0.15) is 11.6 Å². The topological polar surface area (TPSA) is 30.5 Å². The van der Waals surface area contributed by atoms with Crippen molar-refractivity contribution < 1.29 is 13.9 Å². The van der Waals surface area contributed by atoms with Gasteiger partial charge in [0.25, 0.3) is 0 Å². The van der Waals surface area contributed by atoms with Crippen molar-refractivity contribution in [3.05, 3.63) is 29.6 Å². The third kappa shape index (κ3) is 2.81. The smallest absolute Gasteiger partial charge is 0.131 e. The van der Waals surface area contributed by atoms with Gasteiger partial charge in [0, 0.05) is 18.7 Å². The monoisotopic (exact) mass is 281 g/mol. The van der Waals surface area contributed by atoms with Gasteiger partial charge in [-0.25, -0.2) is 4.39 Å². The summed E-state index contributed by atoms with van der Waals surface area (Å²) in [5.41, 5.74) is 0.333. The number of nitrogens with one attached hydrogen (secondary N) is 1. The van der Waals surface area contributed by atoms with Gasteiger partial charge in [-0.3, -0.25) is 0 Å². The molecule has 1 aliphatic carbocycles. The number of rotatable bonds is 5. The van der Waals surface area contributed by atoms with Gasteiger partial charge < -0.3 is 14.8 Å². The molecule has 0 aromatic heterocycles. The average molecular weight is 281 g/mol. The molecule has 0 heterocycles. The van der Waals surface area contributed by atoms with E-state index in [1.54, 1.807) is 26.4 Å². The molecule has 0 saturated heterocycles. The van der Waals surface area contributed by atoms with Crippen LogP contribution in [0.1, 0.15) is 43.7 Å². The van der Waals surface area contributed by atoms with Crippen LogP contribution >= 0.6 is 0 Å². The highest BCUT2D eigenvalue weighted by Gasteiger charge is 2.41. The standard InChI is InChI=1S/C16H24FNO2/c1-18-15(16(20-3)9-5-4-6-10-16)13-8-7-12(19-2)11-14(13)17/h7-8,11,15,18H,4-6,9-10H2,1-3H3. The number of likely N-dealkylation sites (N-methyl/N-ethyl adjacent to an activating group) is 1. The third-order valence-corrected chi connectivity index (χ3v) is 4.44. The average Bonchev–Trinajstić information content (AvgIpc) is 2.50. The molecule has 0 spiro atoms. The Balaban J connectivity index is 2.35. The van der Waals surface area contributed by atoms with E-state index in [-0.39, 0.29) is 17.5 Å². The number of benzene rings is 1. The highest BCUT2D eigenvalue weighted by Crippen LogP contribution is 2.42.